The third-order valence-corrected chi connectivity index (χ3v) is 3.83. The summed E-state index contributed by atoms with van der Waals surface area (Å²) in [5, 5.41) is 5.12. The first kappa shape index (κ1) is 14.8. The van der Waals surface area contributed by atoms with Crippen LogP contribution in [0.2, 0.25) is 0 Å². The molecule has 0 spiro atoms. The van der Waals surface area contributed by atoms with Crippen LogP contribution in [0, 0.1) is 0 Å². The van der Waals surface area contributed by atoms with Gasteiger partial charge in [-0.25, -0.2) is 13.6 Å². The van der Waals surface area contributed by atoms with Gasteiger partial charge in [0.15, 0.2) is 0 Å². The number of hydrogen-bond donors (Lipinski definition) is 2. The van der Waals surface area contributed by atoms with Crippen LogP contribution < -0.4 is 15.8 Å². The summed E-state index contributed by atoms with van der Waals surface area (Å²) in [6, 6.07) is 4.88. The van der Waals surface area contributed by atoms with Crippen molar-refractivity contribution in [3.8, 4) is 0 Å². The molecule has 1 aromatic rings. The Morgan fingerprint density at radius 1 is 1.28 bits per heavy atom. The monoisotopic (exact) mass is 271 g/mol. The third-order valence-electron chi connectivity index (χ3n) is 2.86. The van der Waals surface area contributed by atoms with Gasteiger partial charge in [-0.3, -0.25) is 0 Å². The van der Waals surface area contributed by atoms with E-state index >= 15 is 0 Å². The minimum absolute atomic E-state index is 0.0117. The van der Waals surface area contributed by atoms with Gasteiger partial charge in [-0.1, -0.05) is 25.8 Å². The second-order valence-corrected chi connectivity index (χ2v) is 5.89. The molecule has 102 valence electrons. The number of sulfonamides is 1. The van der Waals surface area contributed by atoms with Crippen molar-refractivity contribution < 1.29 is 8.42 Å². The van der Waals surface area contributed by atoms with E-state index in [9.17, 15) is 8.42 Å². The van der Waals surface area contributed by atoms with Crippen LogP contribution in [0.4, 0.5) is 11.4 Å². The third kappa shape index (κ3) is 3.61. The van der Waals surface area contributed by atoms with Crippen molar-refractivity contribution in [2.45, 2.75) is 31.1 Å². The molecule has 0 bridgehead atoms. The topological polar surface area (TPSA) is 89.4 Å². The molecule has 18 heavy (non-hydrogen) atoms. The van der Waals surface area contributed by atoms with E-state index < -0.39 is 10.0 Å². The van der Waals surface area contributed by atoms with E-state index in [4.69, 9.17) is 10.9 Å². The van der Waals surface area contributed by atoms with Gasteiger partial charge >= 0.3 is 0 Å². The van der Waals surface area contributed by atoms with Crippen LogP contribution in [0.3, 0.4) is 0 Å². The Bertz CT molecular complexity index is 500. The number of unbranched alkanes of at least 4 members (excludes halogenated alkanes) is 2. The predicted octanol–water partition coefficient (Wildman–Crippen LogP) is 1.54. The lowest BCUT2D eigenvalue weighted by atomic mass is 10.2. The molecular formula is C12H21N3O2S. The van der Waals surface area contributed by atoms with Crippen molar-refractivity contribution in [2.24, 2.45) is 5.14 Å². The smallest absolute Gasteiger partial charge is 0.240 e. The Labute approximate surface area is 109 Å². The Kier molecular flexibility index (Phi) is 4.98. The number of primary sulfonamides is 1. The van der Waals surface area contributed by atoms with Crippen LogP contribution in [0.15, 0.2) is 23.1 Å². The van der Waals surface area contributed by atoms with Crippen molar-refractivity contribution in [3.63, 3.8) is 0 Å². The van der Waals surface area contributed by atoms with Crippen molar-refractivity contribution in [3.05, 3.63) is 18.2 Å². The zero-order chi connectivity index (χ0) is 13.8. The lowest BCUT2D eigenvalue weighted by Gasteiger charge is -2.22. The van der Waals surface area contributed by atoms with Gasteiger partial charge in [-0.05, 0) is 18.6 Å². The molecule has 4 N–H and O–H groups in total. The number of nitrogen functional groups attached to an aromatic ring is 1. The van der Waals surface area contributed by atoms with Crippen LogP contribution >= 0.6 is 0 Å². The summed E-state index contributed by atoms with van der Waals surface area (Å²) >= 11 is 0. The van der Waals surface area contributed by atoms with E-state index in [-0.39, 0.29) is 10.6 Å². The van der Waals surface area contributed by atoms with Crippen molar-refractivity contribution in [2.75, 3.05) is 24.2 Å². The van der Waals surface area contributed by atoms with Crippen LogP contribution in [-0.4, -0.2) is 22.0 Å². The average Bonchev–Trinajstić information content (AvgIpc) is 2.28. The van der Waals surface area contributed by atoms with Crippen molar-refractivity contribution >= 4 is 21.4 Å². The Morgan fingerprint density at radius 2 is 1.94 bits per heavy atom. The predicted molar refractivity (Wildman–Crippen MR) is 75.0 cm³/mol. The highest BCUT2D eigenvalue weighted by atomic mass is 32.2. The van der Waals surface area contributed by atoms with Gasteiger partial charge in [0.2, 0.25) is 10.0 Å². The van der Waals surface area contributed by atoms with Gasteiger partial charge in [0.1, 0.15) is 4.90 Å². The lowest BCUT2D eigenvalue weighted by molar-refractivity contribution is 0.598. The maximum Gasteiger partial charge on any atom is 0.240 e. The molecule has 1 aromatic carbocycles. The molecule has 0 fully saturated rings. The number of benzene rings is 1. The van der Waals surface area contributed by atoms with E-state index in [2.05, 4.69) is 6.92 Å². The molecule has 0 aliphatic carbocycles. The number of nitrogens with two attached hydrogens (primary N) is 2. The molecule has 0 amide bonds. The highest BCUT2D eigenvalue weighted by molar-refractivity contribution is 7.89. The van der Waals surface area contributed by atoms with E-state index in [1.54, 1.807) is 12.1 Å². The molecule has 0 saturated carbocycles. The highest BCUT2D eigenvalue weighted by Crippen LogP contribution is 2.28. The molecule has 1 rings (SSSR count). The van der Waals surface area contributed by atoms with Gasteiger partial charge < -0.3 is 10.6 Å². The summed E-state index contributed by atoms with van der Waals surface area (Å²) in [5.74, 6) is 0. The number of anilines is 2. The lowest BCUT2D eigenvalue weighted by Crippen LogP contribution is -2.22. The quantitative estimate of drug-likeness (QED) is 0.606. The van der Waals surface area contributed by atoms with Crippen LogP contribution in [-0.2, 0) is 10.0 Å². The number of para-hydroxylation sites is 1. The molecule has 0 aromatic heterocycles. The summed E-state index contributed by atoms with van der Waals surface area (Å²) in [6.07, 6.45) is 3.33. The van der Waals surface area contributed by atoms with Gasteiger partial charge in [0.25, 0.3) is 0 Å². The fourth-order valence-electron chi connectivity index (χ4n) is 1.83. The summed E-state index contributed by atoms with van der Waals surface area (Å²) in [6.45, 7) is 2.97. The number of hydrogen-bond acceptors (Lipinski definition) is 4. The second-order valence-electron chi connectivity index (χ2n) is 4.36. The number of nitrogens with zero attached hydrogens (tertiary/aromatic N) is 1. The highest BCUT2D eigenvalue weighted by Gasteiger charge is 2.16. The zero-order valence-corrected chi connectivity index (χ0v) is 11.7. The standard InChI is InChI=1S/C12H21N3O2S/c1-3-4-5-9-15(2)10-7-6-8-11(12(10)13)18(14,16)17/h6-8H,3-5,9,13H2,1-2H3,(H2,14,16,17). The van der Waals surface area contributed by atoms with Crippen molar-refractivity contribution in [1.82, 2.24) is 0 Å². The van der Waals surface area contributed by atoms with E-state index in [0.717, 1.165) is 25.8 Å². The Balaban J connectivity index is 2.97. The minimum atomic E-state index is -3.77. The normalized spacial score (nSPS) is 11.5. The van der Waals surface area contributed by atoms with Gasteiger partial charge in [-0.15, -0.1) is 0 Å². The summed E-state index contributed by atoms with van der Waals surface area (Å²) in [7, 11) is -1.87. The summed E-state index contributed by atoms with van der Waals surface area (Å²) in [4.78, 5) is 1.95. The summed E-state index contributed by atoms with van der Waals surface area (Å²) in [5.41, 5.74) is 6.80. The molecule has 0 unspecified atom stereocenters. The van der Waals surface area contributed by atoms with Crippen molar-refractivity contribution in [1.29, 1.82) is 0 Å². The second kappa shape index (κ2) is 6.06. The maximum atomic E-state index is 11.4. The summed E-state index contributed by atoms with van der Waals surface area (Å²) < 4.78 is 22.7. The van der Waals surface area contributed by atoms with Crippen LogP contribution in [0.1, 0.15) is 26.2 Å². The minimum Gasteiger partial charge on any atom is -0.396 e. The molecule has 0 atom stereocenters. The van der Waals surface area contributed by atoms with E-state index in [0.29, 0.717) is 5.69 Å². The zero-order valence-electron chi connectivity index (χ0n) is 10.9. The van der Waals surface area contributed by atoms with E-state index in [1.165, 1.54) is 6.07 Å². The SMILES string of the molecule is CCCCCN(C)c1cccc(S(N)(=O)=O)c1N. The molecular weight excluding hydrogens is 250 g/mol. The van der Waals surface area contributed by atoms with Gasteiger partial charge in [-0.2, -0.15) is 0 Å². The first-order valence-corrected chi connectivity index (χ1v) is 7.55. The van der Waals surface area contributed by atoms with E-state index in [1.807, 2.05) is 11.9 Å². The molecule has 0 heterocycles. The fourth-order valence-corrected chi connectivity index (χ4v) is 2.51. The number of rotatable bonds is 6. The Hall–Kier alpha value is -1.27. The van der Waals surface area contributed by atoms with Gasteiger partial charge in [0.05, 0.1) is 11.4 Å². The molecule has 0 aliphatic rings. The van der Waals surface area contributed by atoms with Crippen LogP contribution in [0.25, 0.3) is 0 Å². The largest absolute Gasteiger partial charge is 0.396 e. The first-order valence-electron chi connectivity index (χ1n) is 6.00. The van der Waals surface area contributed by atoms with Gasteiger partial charge in [0, 0.05) is 13.6 Å². The average molecular weight is 271 g/mol. The molecule has 0 radical (unpaired) electrons. The maximum absolute atomic E-state index is 11.4. The van der Waals surface area contributed by atoms with Crippen LogP contribution in [0.5, 0.6) is 0 Å². The fraction of sp³-hybridized carbons (Fsp3) is 0.500. The molecule has 0 saturated heterocycles. The Morgan fingerprint density at radius 3 is 2.50 bits per heavy atom. The molecule has 6 heteroatoms. The molecule has 5 nitrogen and oxygen atoms in total. The molecule has 0 aliphatic heterocycles. The first-order chi connectivity index (χ1) is 8.38.